The Morgan fingerprint density at radius 2 is 2.25 bits per heavy atom. The first-order valence-electron chi connectivity index (χ1n) is 6.71. The highest BCUT2D eigenvalue weighted by Crippen LogP contribution is 2.14. The molecule has 108 valence electrons. The predicted octanol–water partition coefficient (Wildman–Crippen LogP) is 2.93. The summed E-state index contributed by atoms with van der Waals surface area (Å²) in [6.45, 7) is 4.61. The molecule has 0 saturated heterocycles. The number of thiazole rings is 1. The largest absolute Gasteiger partial charge is 0.493 e. The second kappa shape index (κ2) is 7.26. The van der Waals surface area contributed by atoms with Crippen molar-refractivity contribution in [3.63, 3.8) is 0 Å². The van der Waals surface area contributed by atoms with Gasteiger partial charge < -0.3 is 15.4 Å². The average Bonchev–Trinajstić information content (AvgIpc) is 2.80. The molecule has 20 heavy (non-hydrogen) atoms. The van der Waals surface area contributed by atoms with E-state index >= 15 is 0 Å². The number of nitrogens with zero attached hydrogens (tertiary/aromatic N) is 2. The van der Waals surface area contributed by atoms with E-state index < -0.39 is 0 Å². The maximum atomic E-state index is 5.70. The molecule has 0 spiro atoms. The highest BCUT2D eigenvalue weighted by molar-refractivity contribution is 7.09. The summed E-state index contributed by atoms with van der Waals surface area (Å²) in [5.41, 5.74) is 7.58. The zero-order valence-corrected chi connectivity index (χ0v) is 12.8. The van der Waals surface area contributed by atoms with E-state index in [1.807, 2.05) is 31.2 Å². The first kappa shape index (κ1) is 14.8. The van der Waals surface area contributed by atoms with Crippen LogP contribution >= 0.6 is 11.3 Å². The SMILES string of the molecule is Cc1nc(CN(C)CCCOc2cccc(N)c2)cs1. The number of ether oxygens (including phenoxy) is 1. The number of hydrogen-bond donors (Lipinski definition) is 1. The summed E-state index contributed by atoms with van der Waals surface area (Å²) in [5, 5.41) is 3.24. The lowest BCUT2D eigenvalue weighted by molar-refractivity contribution is 0.257. The van der Waals surface area contributed by atoms with Crippen LogP contribution in [-0.2, 0) is 6.54 Å². The highest BCUT2D eigenvalue weighted by Gasteiger charge is 2.03. The number of nitrogens with two attached hydrogens (primary N) is 1. The molecule has 0 unspecified atom stereocenters. The third-order valence-corrected chi connectivity index (χ3v) is 3.73. The van der Waals surface area contributed by atoms with Crippen molar-refractivity contribution in [1.29, 1.82) is 0 Å². The molecule has 1 aromatic carbocycles. The van der Waals surface area contributed by atoms with Gasteiger partial charge in [-0.25, -0.2) is 4.98 Å². The Kier molecular flexibility index (Phi) is 5.38. The summed E-state index contributed by atoms with van der Waals surface area (Å²) in [4.78, 5) is 6.73. The van der Waals surface area contributed by atoms with Gasteiger partial charge in [-0.15, -0.1) is 11.3 Å². The fraction of sp³-hybridized carbons (Fsp3) is 0.400. The van der Waals surface area contributed by atoms with Gasteiger partial charge >= 0.3 is 0 Å². The lowest BCUT2D eigenvalue weighted by Crippen LogP contribution is -2.21. The second-order valence-corrected chi connectivity index (χ2v) is 5.93. The molecule has 1 heterocycles. The molecule has 0 atom stereocenters. The lowest BCUT2D eigenvalue weighted by Gasteiger charge is -2.15. The summed E-state index contributed by atoms with van der Waals surface area (Å²) < 4.78 is 5.67. The zero-order valence-electron chi connectivity index (χ0n) is 12.0. The van der Waals surface area contributed by atoms with Crippen LogP contribution in [0.5, 0.6) is 5.75 Å². The van der Waals surface area contributed by atoms with Gasteiger partial charge in [0.05, 0.1) is 17.3 Å². The minimum atomic E-state index is 0.698. The molecule has 0 aliphatic rings. The van der Waals surface area contributed by atoms with Gasteiger partial charge in [-0.2, -0.15) is 0 Å². The fourth-order valence-electron chi connectivity index (χ4n) is 1.97. The lowest BCUT2D eigenvalue weighted by atomic mass is 10.3. The number of rotatable bonds is 7. The van der Waals surface area contributed by atoms with E-state index in [2.05, 4.69) is 22.3 Å². The van der Waals surface area contributed by atoms with E-state index in [0.717, 1.165) is 41.6 Å². The molecule has 2 N–H and O–H groups in total. The molecular weight excluding hydrogens is 270 g/mol. The van der Waals surface area contributed by atoms with Crippen LogP contribution in [0.15, 0.2) is 29.6 Å². The molecule has 0 bridgehead atoms. The van der Waals surface area contributed by atoms with Crippen molar-refractivity contribution in [1.82, 2.24) is 9.88 Å². The molecular formula is C15H21N3OS. The van der Waals surface area contributed by atoms with Gasteiger partial charge in [-0.05, 0) is 32.5 Å². The third-order valence-electron chi connectivity index (χ3n) is 2.91. The van der Waals surface area contributed by atoms with Gasteiger partial charge in [0, 0.05) is 30.2 Å². The molecule has 2 aromatic rings. The third kappa shape index (κ3) is 4.83. The number of nitrogen functional groups attached to an aromatic ring is 1. The summed E-state index contributed by atoms with van der Waals surface area (Å²) in [6.07, 6.45) is 0.981. The summed E-state index contributed by atoms with van der Waals surface area (Å²) >= 11 is 1.70. The molecule has 0 aliphatic carbocycles. The quantitative estimate of drug-likeness (QED) is 0.629. The smallest absolute Gasteiger partial charge is 0.121 e. The number of aromatic nitrogens is 1. The van der Waals surface area contributed by atoms with E-state index in [-0.39, 0.29) is 0 Å². The van der Waals surface area contributed by atoms with Crippen molar-refractivity contribution in [3.8, 4) is 5.75 Å². The Morgan fingerprint density at radius 1 is 1.40 bits per heavy atom. The molecule has 0 fully saturated rings. The number of hydrogen-bond acceptors (Lipinski definition) is 5. The summed E-state index contributed by atoms with van der Waals surface area (Å²) in [6, 6.07) is 7.54. The van der Waals surface area contributed by atoms with Crippen LogP contribution in [0.2, 0.25) is 0 Å². The Labute approximate surface area is 124 Å². The van der Waals surface area contributed by atoms with Crippen LogP contribution in [0, 0.1) is 6.92 Å². The normalized spacial score (nSPS) is 10.9. The minimum Gasteiger partial charge on any atom is -0.493 e. The summed E-state index contributed by atoms with van der Waals surface area (Å²) in [7, 11) is 2.11. The average molecular weight is 291 g/mol. The van der Waals surface area contributed by atoms with Crippen molar-refractivity contribution in [3.05, 3.63) is 40.3 Å². The second-order valence-electron chi connectivity index (χ2n) is 4.87. The van der Waals surface area contributed by atoms with Crippen LogP contribution in [0.3, 0.4) is 0 Å². The highest BCUT2D eigenvalue weighted by atomic mass is 32.1. The van der Waals surface area contributed by atoms with E-state index in [0.29, 0.717) is 6.61 Å². The van der Waals surface area contributed by atoms with E-state index in [1.54, 1.807) is 11.3 Å². The number of anilines is 1. The molecule has 4 nitrogen and oxygen atoms in total. The Balaban J connectivity index is 1.65. The molecule has 0 aliphatic heterocycles. The first-order chi connectivity index (χ1) is 9.63. The maximum absolute atomic E-state index is 5.70. The summed E-state index contributed by atoms with van der Waals surface area (Å²) in [5.74, 6) is 0.836. The van der Waals surface area contributed by atoms with Crippen LogP contribution in [0.1, 0.15) is 17.1 Å². The first-order valence-corrected chi connectivity index (χ1v) is 7.59. The van der Waals surface area contributed by atoms with Crippen LogP contribution in [0.4, 0.5) is 5.69 Å². The van der Waals surface area contributed by atoms with Crippen LogP contribution in [-0.4, -0.2) is 30.1 Å². The van der Waals surface area contributed by atoms with Gasteiger partial charge in [0.1, 0.15) is 5.75 Å². The zero-order chi connectivity index (χ0) is 14.4. The van der Waals surface area contributed by atoms with E-state index in [9.17, 15) is 0 Å². The van der Waals surface area contributed by atoms with Gasteiger partial charge in [-0.1, -0.05) is 6.07 Å². The van der Waals surface area contributed by atoms with Gasteiger partial charge in [0.2, 0.25) is 0 Å². The monoisotopic (exact) mass is 291 g/mol. The Bertz CT molecular complexity index is 541. The van der Waals surface area contributed by atoms with Crippen molar-refractivity contribution in [2.45, 2.75) is 19.9 Å². The van der Waals surface area contributed by atoms with Crippen LogP contribution < -0.4 is 10.5 Å². The Hall–Kier alpha value is -1.59. The van der Waals surface area contributed by atoms with Crippen molar-refractivity contribution in [2.24, 2.45) is 0 Å². The molecule has 0 amide bonds. The number of aryl methyl sites for hydroxylation is 1. The van der Waals surface area contributed by atoms with Crippen molar-refractivity contribution >= 4 is 17.0 Å². The fourth-order valence-corrected chi connectivity index (χ4v) is 2.57. The minimum absolute atomic E-state index is 0.698. The van der Waals surface area contributed by atoms with Crippen LogP contribution in [0.25, 0.3) is 0 Å². The molecule has 1 aromatic heterocycles. The standard InChI is InChI=1S/C15H21N3OS/c1-12-17-14(11-20-12)10-18(2)7-4-8-19-15-6-3-5-13(16)9-15/h3,5-6,9,11H,4,7-8,10,16H2,1-2H3. The van der Waals surface area contributed by atoms with Crippen molar-refractivity contribution < 1.29 is 4.74 Å². The van der Waals surface area contributed by atoms with Gasteiger partial charge in [0.25, 0.3) is 0 Å². The van der Waals surface area contributed by atoms with Crippen molar-refractivity contribution in [2.75, 3.05) is 25.9 Å². The van der Waals surface area contributed by atoms with Gasteiger partial charge in [-0.3, -0.25) is 0 Å². The molecule has 5 heteroatoms. The topological polar surface area (TPSA) is 51.4 Å². The maximum Gasteiger partial charge on any atom is 0.121 e. The number of benzene rings is 1. The van der Waals surface area contributed by atoms with Gasteiger partial charge in [0.15, 0.2) is 0 Å². The Morgan fingerprint density at radius 3 is 2.95 bits per heavy atom. The molecule has 0 radical (unpaired) electrons. The molecule has 2 rings (SSSR count). The predicted molar refractivity (Wildman–Crippen MR) is 84.2 cm³/mol. The van der Waals surface area contributed by atoms with E-state index in [4.69, 9.17) is 10.5 Å². The molecule has 0 saturated carbocycles. The van der Waals surface area contributed by atoms with E-state index in [1.165, 1.54) is 0 Å².